The zero-order valence-electron chi connectivity index (χ0n) is 8.18. The molecule has 0 saturated heterocycles. The predicted molar refractivity (Wildman–Crippen MR) is 50.5 cm³/mol. The average molecular weight is 177 g/mol. The first-order chi connectivity index (χ1) is 6.06. The molecule has 1 radical (unpaired) electrons. The number of carbonyl (C=O) groups is 1. The smallest absolute Gasteiger partial charge is 0.192 e. The van der Waals surface area contributed by atoms with Crippen LogP contribution >= 0.6 is 0 Å². The van der Waals surface area contributed by atoms with Gasteiger partial charge in [0.1, 0.15) is 6.61 Å². The highest BCUT2D eigenvalue weighted by molar-refractivity contribution is 5.99. The third-order valence-corrected chi connectivity index (χ3v) is 2.09. The molecule has 0 heterocycles. The van der Waals surface area contributed by atoms with Gasteiger partial charge in [0, 0.05) is 5.56 Å². The van der Waals surface area contributed by atoms with E-state index in [2.05, 4.69) is 0 Å². The van der Waals surface area contributed by atoms with E-state index >= 15 is 0 Å². The third-order valence-electron chi connectivity index (χ3n) is 2.09. The molecule has 1 rings (SSSR count). The molecule has 13 heavy (non-hydrogen) atoms. The van der Waals surface area contributed by atoms with E-state index in [1.165, 1.54) is 0 Å². The van der Waals surface area contributed by atoms with Crippen molar-refractivity contribution in [1.29, 1.82) is 0 Å². The van der Waals surface area contributed by atoms with Crippen molar-refractivity contribution < 1.29 is 9.90 Å². The summed E-state index contributed by atoms with van der Waals surface area (Å²) in [6.45, 7) is 5.04. The van der Waals surface area contributed by atoms with Gasteiger partial charge in [-0.2, -0.15) is 0 Å². The molecular weight excluding hydrogens is 164 g/mol. The van der Waals surface area contributed by atoms with Crippen LogP contribution in [0, 0.1) is 20.8 Å². The lowest BCUT2D eigenvalue weighted by atomic mass is 9.97. The summed E-state index contributed by atoms with van der Waals surface area (Å²) >= 11 is 0. The Kier molecular flexibility index (Phi) is 2.83. The second kappa shape index (κ2) is 3.71. The second-order valence-electron chi connectivity index (χ2n) is 3.34. The van der Waals surface area contributed by atoms with E-state index < -0.39 is 6.61 Å². The SMILES string of the molecule is Cc1cc(C)c(C(=O)C[O])c(C)c1. The van der Waals surface area contributed by atoms with E-state index in [9.17, 15) is 9.90 Å². The van der Waals surface area contributed by atoms with E-state index in [1.807, 2.05) is 32.9 Å². The monoisotopic (exact) mass is 177 g/mol. The van der Waals surface area contributed by atoms with Crippen molar-refractivity contribution in [1.82, 2.24) is 0 Å². The first-order valence-electron chi connectivity index (χ1n) is 4.25. The lowest BCUT2D eigenvalue weighted by Gasteiger charge is -2.07. The first kappa shape index (κ1) is 9.93. The molecule has 0 spiro atoms. The van der Waals surface area contributed by atoms with Crippen LogP contribution in [0.2, 0.25) is 0 Å². The molecule has 0 aliphatic carbocycles. The van der Waals surface area contributed by atoms with Crippen LogP contribution in [0.1, 0.15) is 27.0 Å². The van der Waals surface area contributed by atoms with Gasteiger partial charge < -0.3 is 0 Å². The molecule has 0 aliphatic rings. The van der Waals surface area contributed by atoms with E-state index in [0.29, 0.717) is 5.56 Å². The van der Waals surface area contributed by atoms with Gasteiger partial charge >= 0.3 is 0 Å². The number of Topliss-reactive ketones (excluding diaryl/α,β-unsaturated/α-hetero) is 1. The summed E-state index contributed by atoms with van der Waals surface area (Å²) in [4.78, 5) is 11.3. The average Bonchev–Trinajstić information content (AvgIpc) is 2.02. The van der Waals surface area contributed by atoms with Crippen LogP contribution in [-0.2, 0) is 5.11 Å². The van der Waals surface area contributed by atoms with Gasteiger partial charge in [0.15, 0.2) is 5.78 Å². The number of benzene rings is 1. The topological polar surface area (TPSA) is 37.0 Å². The molecule has 0 unspecified atom stereocenters. The molecule has 0 atom stereocenters. The number of ketones is 1. The highest BCUT2D eigenvalue weighted by Crippen LogP contribution is 2.16. The summed E-state index contributed by atoms with van der Waals surface area (Å²) < 4.78 is 0. The fraction of sp³-hybridized carbons (Fsp3) is 0.364. The van der Waals surface area contributed by atoms with Gasteiger partial charge in [0.2, 0.25) is 0 Å². The molecule has 0 fully saturated rings. The van der Waals surface area contributed by atoms with Gasteiger partial charge in [-0.3, -0.25) is 4.79 Å². The maximum atomic E-state index is 11.3. The summed E-state index contributed by atoms with van der Waals surface area (Å²) in [5.74, 6) is -0.310. The minimum atomic E-state index is -0.662. The lowest BCUT2D eigenvalue weighted by Crippen LogP contribution is -2.08. The Balaban J connectivity index is 3.28. The van der Waals surface area contributed by atoms with Crippen LogP contribution in [0.15, 0.2) is 12.1 Å². The zero-order chi connectivity index (χ0) is 10.0. The molecule has 0 amide bonds. The predicted octanol–water partition coefficient (Wildman–Crippen LogP) is 2.23. The molecule has 0 aromatic heterocycles. The van der Waals surface area contributed by atoms with Gasteiger partial charge in [0.05, 0.1) is 0 Å². The Morgan fingerprint density at radius 3 is 2.00 bits per heavy atom. The van der Waals surface area contributed by atoms with Crippen molar-refractivity contribution in [3.63, 3.8) is 0 Å². The third kappa shape index (κ3) is 1.95. The Morgan fingerprint density at radius 1 is 1.15 bits per heavy atom. The van der Waals surface area contributed by atoms with Gasteiger partial charge in [-0.05, 0) is 31.9 Å². The van der Waals surface area contributed by atoms with Gasteiger partial charge in [-0.1, -0.05) is 17.7 Å². The summed E-state index contributed by atoms with van der Waals surface area (Å²) in [6.07, 6.45) is 0. The molecular formula is C11H13O2. The largest absolute Gasteiger partial charge is 0.291 e. The quantitative estimate of drug-likeness (QED) is 0.638. The van der Waals surface area contributed by atoms with Crippen molar-refractivity contribution in [2.45, 2.75) is 20.8 Å². The number of aryl methyl sites for hydroxylation is 3. The van der Waals surface area contributed by atoms with Crippen LogP contribution in [0.5, 0.6) is 0 Å². The van der Waals surface area contributed by atoms with Crippen molar-refractivity contribution in [2.24, 2.45) is 0 Å². The maximum Gasteiger partial charge on any atom is 0.192 e. The minimum absolute atomic E-state index is 0.310. The van der Waals surface area contributed by atoms with Crippen molar-refractivity contribution in [2.75, 3.05) is 6.61 Å². The Morgan fingerprint density at radius 2 is 1.62 bits per heavy atom. The maximum absolute atomic E-state index is 11.3. The van der Waals surface area contributed by atoms with Crippen LogP contribution in [-0.4, -0.2) is 12.4 Å². The highest BCUT2D eigenvalue weighted by Gasteiger charge is 2.11. The van der Waals surface area contributed by atoms with E-state index in [1.54, 1.807) is 0 Å². The van der Waals surface area contributed by atoms with Gasteiger partial charge in [-0.25, -0.2) is 5.11 Å². The lowest BCUT2D eigenvalue weighted by molar-refractivity contribution is 0.0826. The fourth-order valence-electron chi connectivity index (χ4n) is 1.69. The fourth-order valence-corrected chi connectivity index (χ4v) is 1.69. The van der Waals surface area contributed by atoms with Crippen LogP contribution in [0.3, 0.4) is 0 Å². The van der Waals surface area contributed by atoms with Crippen molar-refractivity contribution >= 4 is 5.78 Å². The van der Waals surface area contributed by atoms with Crippen molar-refractivity contribution in [3.05, 3.63) is 34.4 Å². The molecule has 2 heteroatoms. The Bertz CT molecular complexity index is 317. The first-order valence-corrected chi connectivity index (χ1v) is 4.25. The number of hydrogen-bond acceptors (Lipinski definition) is 1. The van der Waals surface area contributed by atoms with Crippen LogP contribution < -0.4 is 0 Å². The standard InChI is InChI=1S/C11H13O2/c1-7-4-8(2)11(9(3)5-7)10(13)6-12/h4-5H,6H2,1-3H3. The summed E-state index contributed by atoms with van der Waals surface area (Å²) in [5, 5.41) is 10.5. The molecule has 0 aliphatic heterocycles. The normalized spacial score (nSPS) is 10.2. The van der Waals surface area contributed by atoms with Crippen LogP contribution in [0.25, 0.3) is 0 Å². The molecule has 69 valence electrons. The Labute approximate surface area is 78.2 Å². The molecule has 1 aromatic rings. The number of hydrogen-bond donors (Lipinski definition) is 0. The summed E-state index contributed by atoms with van der Waals surface area (Å²) in [5.41, 5.74) is 3.52. The van der Waals surface area contributed by atoms with E-state index in [-0.39, 0.29) is 5.78 Å². The number of carbonyl (C=O) groups excluding carboxylic acids is 1. The summed E-state index contributed by atoms with van der Waals surface area (Å²) in [7, 11) is 0. The molecule has 2 nitrogen and oxygen atoms in total. The van der Waals surface area contributed by atoms with Gasteiger partial charge in [0.25, 0.3) is 0 Å². The Hall–Kier alpha value is -1.15. The number of rotatable bonds is 2. The minimum Gasteiger partial charge on any atom is -0.291 e. The second-order valence-corrected chi connectivity index (χ2v) is 3.34. The van der Waals surface area contributed by atoms with E-state index in [4.69, 9.17) is 0 Å². The van der Waals surface area contributed by atoms with Crippen molar-refractivity contribution in [3.8, 4) is 0 Å². The zero-order valence-corrected chi connectivity index (χ0v) is 8.18. The molecule has 0 saturated carbocycles. The molecule has 1 aromatic carbocycles. The molecule has 0 N–H and O–H groups in total. The van der Waals surface area contributed by atoms with E-state index in [0.717, 1.165) is 16.7 Å². The molecule has 0 bridgehead atoms. The summed E-state index contributed by atoms with van der Waals surface area (Å²) in [6, 6.07) is 3.85. The highest BCUT2D eigenvalue weighted by atomic mass is 16.3. The van der Waals surface area contributed by atoms with Gasteiger partial charge in [-0.15, -0.1) is 0 Å². The van der Waals surface area contributed by atoms with Crippen LogP contribution in [0.4, 0.5) is 0 Å².